The molecule has 2 fully saturated rings. The van der Waals surface area contributed by atoms with Gasteiger partial charge in [-0.3, -0.25) is 9.69 Å². The summed E-state index contributed by atoms with van der Waals surface area (Å²) in [6, 6.07) is 0.456. The van der Waals surface area contributed by atoms with Gasteiger partial charge < -0.3 is 10.1 Å². The number of ether oxygens (including phenoxy) is 1. The Hall–Kier alpha value is -0.610. The second-order valence-electron chi connectivity index (χ2n) is 5.42. The molecule has 0 aromatic carbocycles. The molecule has 1 atom stereocenters. The highest BCUT2D eigenvalue weighted by atomic mass is 16.5. The van der Waals surface area contributed by atoms with Gasteiger partial charge in [-0.1, -0.05) is 26.2 Å². The van der Waals surface area contributed by atoms with E-state index in [2.05, 4.69) is 17.1 Å². The second-order valence-corrected chi connectivity index (χ2v) is 5.42. The van der Waals surface area contributed by atoms with Crippen molar-refractivity contribution in [2.45, 2.75) is 57.5 Å². The van der Waals surface area contributed by atoms with Crippen LogP contribution in [0.1, 0.15) is 45.4 Å². The highest BCUT2D eigenvalue weighted by Gasteiger charge is 2.27. The number of carbonyl (C=O) groups is 1. The van der Waals surface area contributed by atoms with Crippen LogP contribution in [-0.2, 0) is 9.53 Å². The average molecular weight is 254 g/mol. The Morgan fingerprint density at radius 2 is 1.94 bits per heavy atom. The van der Waals surface area contributed by atoms with Crippen molar-refractivity contribution < 1.29 is 9.53 Å². The monoisotopic (exact) mass is 254 g/mol. The zero-order valence-corrected chi connectivity index (χ0v) is 11.5. The Labute approximate surface area is 110 Å². The summed E-state index contributed by atoms with van der Waals surface area (Å²) in [7, 11) is 0. The van der Waals surface area contributed by atoms with Gasteiger partial charge in [0.1, 0.15) is 0 Å². The molecule has 1 amide bonds. The standard InChI is InChI=1S/C14H26N2O2/c1-2-13(16-8-10-18-11-9-16)14(17)15-12-6-4-3-5-7-12/h12-13H,2-11H2,1H3,(H,15,17). The molecular formula is C14H26N2O2. The van der Waals surface area contributed by atoms with Crippen LogP contribution in [0.25, 0.3) is 0 Å². The SMILES string of the molecule is CCC(C(=O)NC1CCCCC1)N1CCOCC1. The van der Waals surface area contributed by atoms with E-state index in [-0.39, 0.29) is 11.9 Å². The van der Waals surface area contributed by atoms with Gasteiger partial charge in [0.2, 0.25) is 5.91 Å². The van der Waals surface area contributed by atoms with Crippen molar-refractivity contribution in [3.8, 4) is 0 Å². The van der Waals surface area contributed by atoms with E-state index in [0.29, 0.717) is 6.04 Å². The Kier molecular flexibility index (Phi) is 5.45. The molecule has 1 heterocycles. The maximum absolute atomic E-state index is 12.3. The van der Waals surface area contributed by atoms with Crippen molar-refractivity contribution in [1.82, 2.24) is 10.2 Å². The lowest BCUT2D eigenvalue weighted by molar-refractivity contribution is -0.129. The predicted molar refractivity (Wildman–Crippen MR) is 71.5 cm³/mol. The Morgan fingerprint density at radius 3 is 2.56 bits per heavy atom. The van der Waals surface area contributed by atoms with Gasteiger partial charge in [-0.05, 0) is 19.3 Å². The van der Waals surface area contributed by atoms with E-state index in [1.807, 2.05) is 0 Å². The number of nitrogens with zero attached hydrogens (tertiary/aromatic N) is 1. The molecule has 1 unspecified atom stereocenters. The maximum Gasteiger partial charge on any atom is 0.237 e. The largest absolute Gasteiger partial charge is 0.379 e. The third kappa shape index (κ3) is 3.69. The molecule has 0 radical (unpaired) electrons. The van der Waals surface area contributed by atoms with Crippen LogP contribution in [0.15, 0.2) is 0 Å². The smallest absolute Gasteiger partial charge is 0.237 e. The quantitative estimate of drug-likeness (QED) is 0.827. The zero-order chi connectivity index (χ0) is 12.8. The first-order valence-electron chi connectivity index (χ1n) is 7.43. The topological polar surface area (TPSA) is 41.6 Å². The fourth-order valence-corrected chi connectivity index (χ4v) is 3.04. The summed E-state index contributed by atoms with van der Waals surface area (Å²) < 4.78 is 5.35. The third-order valence-electron chi connectivity index (χ3n) is 4.13. The minimum absolute atomic E-state index is 0.0378. The first kappa shape index (κ1) is 13.8. The number of rotatable bonds is 4. The van der Waals surface area contributed by atoms with Crippen LogP contribution in [0, 0.1) is 0 Å². The van der Waals surface area contributed by atoms with Crippen LogP contribution < -0.4 is 5.32 Å². The van der Waals surface area contributed by atoms with Gasteiger partial charge >= 0.3 is 0 Å². The van der Waals surface area contributed by atoms with Gasteiger partial charge in [-0.25, -0.2) is 0 Å². The van der Waals surface area contributed by atoms with Gasteiger partial charge in [0.25, 0.3) is 0 Å². The molecule has 0 spiro atoms. The maximum atomic E-state index is 12.3. The molecule has 0 aromatic heterocycles. The number of hydrogen-bond acceptors (Lipinski definition) is 3. The van der Waals surface area contributed by atoms with Crippen LogP contribution in [-0.4, -0.2) is 49.2 Å². The number of morpholine rings is 1. The highest BCUT2D eigenvalue weighted by molar-refractivity contribution is 5.82. The summed E-state index contributed by atoms with van der Waals surface area (Å²) in [6.45, 7) is 5.38. The second kappa shape index (κ2) is 7.10. The number of carbonyl (C=O) groups excluding carboxylic acids is 1. The van der Waals surface area contributed by atoms with Crippen molar-refractivity contribution in [3.05, 3.63) is 0 Å². The summed E-state index contributed by atoms with van der Waals surface area (Å²) in [5, 5.41) is 3.25. The van der Waals surface area contributed by atoms with E-state index >= 15 is 0 Å². The summed E-state index contributed by atoms with van der Waals surface area (Å²) in [4.78, 5) is 14.6. The van der Waals surface area contributed by atoms with E-state index in [1.165, 1.54) is 19.3 Å². The van der Waals surface area contributed by atoms with Gasteiger partial charge in [-0.15, -0.1) is 0 Å². The Balaban J connectivity index is 1.83. The van der Waals surface area contributed by atoms with Gasteiger partial charge in [0.15, 0.2) is 0 Å². The predicted octanol–water partition coefficient (Wildman–Crippen LogP) is 1.55. The average Bonchev–Trinajstić information content (AvgIpc) is 2.42. The van der Waals surface area contributed by atoms with Crippen molar-refractivity contribution in [1.29, 1.82) is 0 Å². The summed E-state index contributed by atoms with van der Waals surface area (Å²) >= 11 is 0. The molecule has 4 heteroatoms. The fraction of sp³-hybridized carbons (Fsp3) is 0.929. The van der Waals surface area contributed by atoms with Crippen molar-refractivity contribution >= 4 is 5.91 Å². The van der Waals surface area contributed by atoms with Gasteiger partial charge in [0, 0.05) is 19.1 Å². The molecule has 2 aliphatic rings. The van der Waals surface area contributed by atoms with Crippen LogP contribution >= 0.6 is 0 Å². The highest BCUT2D eigenvalue weighted by Crippen LogP contribution is 2.18. The van der Waals surface area contributed by atoms with Crippen LogP contribution in [0.4, 0.5) is 0 Å². The minimum Gasteiger partial charge on any atom is -0.379 e. The molecule has 104 valence electrons. The van der Waals surface area contributed by atoms with Crippen LogP contribution in [0.3, 0.4) is 0 Å². The van der Waals surface area contributed by atoms with E-state index in [0.717, 1.165) is 45.6 Å². The fourth-order valence-electron chi connectivity index (χ4n) is 3.04. The molecule has 1 aliphatic carbocycles. The van der Waals surface area contributed by atoms with Crippen molar-refractivity contribution in [2.24, 2.45) is 0 Å². The lowest BCUT2D eigenvalue weighted by atomic mass is 9.95. The first-order valence-corrected chi connectivity index (χ1v) is 7.43. The lowest BCUT2D eigenvalue weighted by Gasteiger charge is -2.34. The molecule has 18 heavy (non-hydrogen) atoms. The van der Waals surface area contributed by atoms with Crippen LogP contribution in [0.2, 0.25) is 0 Å². The molecule has 1 N–H and O–H groups in total. The molecule has 0 aromatic rings. The van der Waals surface area contributed by atoms with E-state index in [4.69, 9.17) is 4.74 Å². The number of hydrogen-bond donors (Lipinski definition) is 1. The lowest BCUT2D eigenvalue weighted by Crippen LogP contribution is -2.52. The molecule has 4 nitrogen and oxygen atoms in total. The minimum atomic E-state index is 0.0378. The molecular weight excluding hydrogens is 228 g/mol. The first-order chi connectivity index (χ1) is 8.81. The van der Waals surface area contributed by atoms with Crippen molar-refractivity contribution in [2.75, 3.05) is 26.3 Å². The number of nitrogens with one attached hydrogen (secondary N) is 1. The van der Waals surface area contributed by atoms with Crippen molar-refractivity contribution in [3.63, 3.8) is 0 Å². The van der Waals surface area contributed by atoms with Gasteiger partial charge in [-0.2, -0.15) is 0 Å². The molecule has 2 rings (SSSR count). The summed E-state index contributed by atoms with van der Waals surface area (Å²) in [6.07, 6.45) is 7.06. The summed E-state index contributed by atoms with van der Waals surface area (Å²) in [5.74, 6) is 0.228. The Morgan fingerprint density at radius 1 is 1.28 bits per heavy atom. The van der Waals surface area contributed by atoms with E-state index in [1.54, 1.807) is 0 Å². The summed E-state index contributed by atoms with van der Waals surface area (Å²) in [5.41, 5.74) is 0. The van der Waals surface area contributed by atoms with E-state index < -0.39 is 0 Å². The van der Waals surface area contributed by atoms with E-state index in [9.17, 15) is 4.79 Å². The molecule has 1 saturated carbocycles. The normalized spacial score (nSPS) is 24.7. The molecule has 1 saturated heterocycles. The number of amides is 1. The zero-order valence-electron chi connectivity index (χ0n) is 11.5. The Bertz CT molecular complexity index is 259. The molecule has 1 aliphatic heterocycles. The van der Waals surface area contributed by atoms with Crippen LogP contribution in [0.5, 0.6) is 0 Å². The molecule has 0 bridgehead atoms. The third-order valence-corrected chi connectivity index (χ3v) is 4.13. The van der Waals surface area contributed by atoms with Gasteiger partial charge in [0.05, 0.1) is 19.3 Å².